The summed E-state index contributed by atoms with van der Waals surface area (Å²) in [6, 6.07) is 9.34. The number of hydrazine groups is 1. The van der Waals surface area contributed by atoms with Gasteiger partial charge in [0.2, 0.25) is 0 Å². The number of para-hydroxylation sites is 1. The molecule has 20 heavy (non-hydrogen) atoms. The molecule has 0 aliphatic carbocycles. The van der Waals surface area contributed by atoms with Gasteiger partial charge in [0.1, 0.15) is 0 Å². The number of hydrogen-bond acceptors (Lipinski definition) is 4. The zero-order valence-corrected chi connectivity index (χ0v) is 14.3. The second kappa shape index (κ2) is 7.90. The molecule has 0 saturated carbocycles. The minimum Gasteiger partial charge on any atom is -0.485 e. The number of aliphatic hydroxyl groups is 1. The van der Waals surface area contributed by atoms with E-state index in [2.05, 4.69) is 0 Å². The molecule has 0 radical (unpaired) electrons. The van der Waals surface area contributed by atoms with Gasteiger partial charge in [-0.3, -0.25) is 0 Å². The molecular formula is C12H19N2O3PS2. The molecule has 0 unspecified atom stereocenters. The van der Waals surface area contributed by atoms with Gasteiger partial charge in [0.25, 0.3) is 5.17 Å². The standard InChI is InChI=1S/C12H19N2O3PS2/c1-4-16-18(20,17-5-2)14(13(3)12(15)19)11-9-7-6-8-10-11/h6-10H,4-5H2,1-3H3,(H,15,19). The van der Waals surface area contributed by atoms with Gasteiger partial charge < -0.3 is 14.2 Å². The molecule has 0 aromatic heterocycles. The monoisotopic (exact) mass is 334 g/mol. The molecule has 0 fully saturated rings. The van der Waals surface area contributed by atoms with E-state index in [0.29, 0.717) is 13.2 Å². The molecule has 0 saturated heterocycles. The van der Waals surface area contributed by atoms with Gasteiger partial charge >= 0.3 is 6.64 Å². The van der Waals surface area contributed by atoms with E-state index in [-0.39, 0.29) is 5.17 Å². The van der Waals surface area contributed by atoms with Crippen molar-refractivity contribution in [3.8, 4) is 0 Å². The summed E-state index contributed by atoms with van der Waals surface area (Å²) in [5.74, 6) is 0. The lowest BCUT2D eigenvalue weighted by Crippen LogP contribution is -2.41. The van der Waals surface area contributed by atoms with Crippen molar-refractivity contribution in [1.29, 1.82) is 0 Å². The van der Waals surface area contributed by atoms with Gasteiger partial charge in [0, 0.05) is 7.05 Å². The Morgan fingerprint density at radius 2 is 1.70 bits per heavy atom. The second-order valence-corrected chi connectivity index (χ2v) is 7.32. The van der Waals surface area contributed by atoms with Crippen LogP contribution in [0.5, 0.6) is 0 Å². The third kappa shape index (κ3) is 4.14. The van der Waals surface area contributed by atoms with Crippen LogP contribution in [0.15, 0.2) is 30.3 Å². The van der Waals surface area contributed by atoms with Gasteiger partial charge in [-0.15, -0.1) is 0 Å². The van der Waals surface area contributed by atoms with E-state index in [1.54, 1.807) is 11.8 Å². The predicted molar refractivity (Wildman–Crippen MR) is 89.4 cm³/mol. The Kier molecular flexibility index (Phi) is 6.85. The number of aliphatic hydroxyl groups excluding tert-OH is 1. The zero-order valence-electron chi connectivity index (χ0n) is 11.7. The summed E-state index contributed by atoms with van der Waals surface area (Å²) in [6.07, 6.45) is 0. The van der Waals surface area contributed by atoms with E-state index in [1.807, 2.05) is 44.2 Å². The molecule has 112 valence electrons. The largest absolute Gasteiger partial charge is 0.485 e. The molecule has 0 heterocycles. The summed E-state index contributed by atoms with van der Waals surface area (Å²) < 4.78 is 13.0. The van der Waals surface area contributed by atoms with Gasteiger partial charge in [-0.2, -0.15) is 0 Å². The Bertz CT molecular complexity index is 477. The van der Waals surface area contributed by atoms with E-state index in [0.717, 1.165) is 5.69 Å². The average Bonchev–Trinajstić information content (AvgIpc) is 2.40. The van der Waals surface area contributed by atoms with Gasteiger partial charge in [0.15, 0.2) is 0 Å². The van der Waals surface area contributed by atoms with Crippen molar-refractivity contribution >= 4 is 41.5 Å². The number of nitrogens with zero attached hydrogens (tertiary/aromatic N) is 2. The smallest absolute Gasteiger partial charge is 0.309 e. The van der Waals surface area contributed by atoms with Crippen LogP contribution in [-0.4, -0.2) is 35.6 Å². The van der Waals surface area contributed by atoms with Gasteiger partial charge in [0.05, 0.1) is 18.9 Å². The number of hydrogen-bond donors (Lipinski definition) is 1. The summed E-state index contributed by atoms with van der Waals surface area (Å²) in [5.41, 5.74) is 0.747. The summed E-state index contributed by atoms with van der Waals surface area (Å²) in [4.78, 5) is 0. The van der Waals surface area contributed by atoms with Crippen molar-refractivity contribution in [2.75, 3.05) is 25.0 Å². The normalized spacial score (nSPS) is 11.2. The number of thiocarbonyl (C=S) groups is 1. The maximum absolute atomic E-state index is 9.63. The number of anilines is 1. The SMILES string of the molecule is CCOP(=S)(OCC)N(c1ccccc1)N(C)C(O)=S. The molecule has 0 aliphatic heterocycles. The predicted octanol–water partition coefficient (Wildman–Crippen LogP) is 3.48. The number of benzene rings is 1. The van der Waals surface area contributed by atoms with Crippen LogP contribution in [0.1, 0.15) is 13.8 Å². The van der Waals surface area contributed by atoms with Crippen molar-refractivity contribution in [2.24, 2.45) is 0 Å². The maximum Gasteiger partial charge on any atom is 0.309 e. The highest BCUT2D eigenvalue weighted by Gasteiger charge is 2.33. The van der Waals surface area contributed by atoms with Crippen LogP contribution in [0, 0.1) is 0 Å². The molecule has 1 aromatic carbocycles. The third-order valence-electron chi connectivity index (χ3n) is 2.36. The minimum atomic E-state index is -2.82. The summed E-state index contributed by atoms with van der Waals surface area (Å²) in [7, 11) is 1.62. The minimum absolute atomic E-state index is 0.303. The highest BCUT2D eigenvalue weighted by atomic mass is 32.5. The van der Waals surface area contributed by atoms with Crippen LogP contribution in [0.2, 0.25) is 0 Å². The Hall–Kier alpha value is -0.720. The van der Waals surface area contributed by atoms with Crippen LogP contribution in [0.25, 0.3) is 0 Å². The van der Waals surface area contributed by atoms with Crippen LogP contribution < -0.4 is 4.78 Å². The number of rotatable bonds is 7. The first-order chi connectivity index (χ1) is 9.46. The highest BCUT2D eigenvalue weighted by molar-refractivity contribution is 8.10. The van der Waals surface area contributed by atoms with E-state index >= 15 is 0 Å². The molecule has 0 amide bonds. The summed E-state index contributed by atoms with van der Waals surface area (Å²) >= 11 is 10.4. The summed E-state index contributed by atoms with van der Waals surface area (Å²) in [5, 5.41) is 10.7. The Morgan fingerprint density at radius 1 is 1.20 bits per heavy atom. The lowest BCUT2D eigenvalue weighted by Gasteiger charge is -2.39. The van der Waals surface area contributed by atoms with Gasteiger partial charge in [-0.1, -0.05) is 18.2 Å². The second-order valence-electron chi connectivity index (χ2n) is 3.74. The van der Waals surface area contributed by atoms with Crippen LogP contribution >= 0.6 is 18.9 Å². The van der Waals surface area contributed by atoms with E-state index in [1.165, 1.54) is 5.01 Å². The lowest BCUT2D eigenvalue weighted by atomic mass is 10.3. The Morgan fingerprint density at radius 3 is 2.10 bits per heavy atom. The van der Waals surface area contributed by atoms with E-state index in [4.69, 9.17) is 33.1 Å². The zero-order chi connectivity index (χ0) is 15.2. The van der Waals surface area contributed by atoms with E-state index < -0.39 is 6.64 Å². The fourth-order valence-corrected chi connectivity index (χ4v) is 4.76. The van der Waals surface area contributed by atoms with Crippen molar-refractivity contribution in [3.05, 3.63) is 30.3 Å². The highest BCUT2D eigenvalue weighted by Crippen LogP contribution is 2.54. The summed E-state index contributed by atoms with van der Waals surface area (Å²) in [6.45, 7) is 1.70. The van der Waals surface area contributed by atoms with E-state index in [9.17, 15) is 5.11 Å². The molecule has 0 spiro atoms. The third-order valence-corrected chi connectivity index (χ3v) is 5.86. The van der Waals surface area contributed by atoms with Crippen molar-refractivity contribution in [3.63, 3.8) is 0 Å². The Labute approximate surface area is 130 Å². The van der Waals surface area contributed by atoms with Gasteiger partial charge in [-0.25, -0.2) is 9.79 Å². The first-order valence-electron chi connectivity index (χ1n) is 6.17. The van der Waals surface area contributed by atoms with Gasteiger partial charge in [-0.05, 0) is 50.0 Å². The average molecular weight is 334 g/mol. The quantitative estimate of drug-likeness (QED) is 0.465. The Balaban J connectivity index is 3.28. The fourth-order valence-electron chi connectivity index (χ4n) is 1.59. The molecule has 1 N–H and O–H groups in total. The maximum atomic E-state index is 9.63. The molecule has 0 atom stereocenters. The topological polar surface area (TPSA) is 45.2 Å². The lowest BCUT2D eigenvalue weighted by molar-refractivity contribution is 0.249. The fraction of sp³-hybridized carbons (Fsp3) is 0.417. The van der Waals surface area contributed by atoms with Crippen LogP contribution in [0.3, 0.4) is 0 Å². The molecule has 1 rings (SSSR count). The molecule has 0 aliphatic rings. The molecule has 1 aromatic rings. The first kappa shape index (κ1) is 17.3. The van der Waals surface area contributed by atoms with Crippen LogP contribution in [0.4, 0.5) is 5.69 Å². The van der Waals surface area contributed by atoms with Crippen molar-refractivity contribution in [1.82, 2.24) is 5.01 Å². The van der Waals surface area contributed by atoms with Crippen LogP contribution in [-0.2, 0) is 20.9 Å². The first-order valence-corrected chi connectivity index (χ1v) is 9.17. The molecule has 5 nitrogen and oxygen atoms in total. The van der Waals surface area contributed by atoms with Crippen molar-refractivity contribution < 1.29 is 14.2 Å². The molecule has 8 heteroatoms. The van der Waals surface area contributed by atoms with Crippen molar-refractivity contribution in [2.45, 2.75) is 13.8 Å². The molecule has 0 bridgehead atoms. The molecular weight excluding hydrogens is 315 g/mol.